The standard InChI is InChI=1S/C19H21N3O4S/c1-5-14-6-7-15(8-13(14)2)20-18(23)17-9-16(10-22(17)4)27(24,25)21-19(3)11-26-12-19/h1,6-10,21H,11-12H2,2-4H3,(H,20,23). The maximum Gasteiger partial charge on any atom is 0.272 e. The Kier molecular flexibility index (Phi) is 4.86. The monoisotopic (exact) mass is 387 g/mol. The molecule has 2 aromatic rings. The zero-order valence-corrected chi connectivity index (χ0v) is 16.2. The van der Waals surface area contributed by atoms with Crippen molar-refractivity contribution in [3.63, 3.8) is 0 Å². The lowest BCUT2D eigenvalue weighted by atomic mass is 10.0. The van der Waals surface area contributed by atoms with Crippen LogP contribution in [0.15, 0.2) is 35.4 Å². The van der Waals surface area contributed by atoms with E-state index in [1.807, 2.05) is 6.92 Å². The summed E-state index contributed by atoms with van der Waals surface area (Å²) in [5.41, 5.74) is 1.81. The molecule has 1 aliphatic heterocycles. The van der Waals surface area contributed by atoms with Crippen LogP contribution in [0.1, 0.15) is 28.5 Å². The van der Waals surface area contributed by atoms with Crippen molar-refractivity contribution >= 4 is 21.6 Å². The van der Waals surface area contributed by atoms with Gasteiger partial charge in [-0.1, -0.05) is 5.92 Å². The molecule has 7 nitrogen and oxygen atoms in total. The number of nitrogens with zero attached hydrogens (tertiary/aromatic N) is 1. The second kappa shape index (κ2) is 6.85. The number of amides is 1. The van der Waals surface area contributed by atoms with Gasteiger partial charge in [-0.25, -0.2) is 13.1 Å². The minimum atomic E-state index is -3.76. The normalized spacial score (nSPS) is 15.6. The molecule has 0 bridgehead atoms. The van der Waals surface area contributed by atoms with E-state index in [9.17, 15) is 13.2 Å². The van der Waals surface area contributed by atoms with E-state index in [-0.39, 0.29) is 10.6 Å². The van der Waals surface area contributed by atoms with Gasteiger partial charge in [-0.2, -0.15) is 0 Å². The molecule has 1 amide bonds. The molecule has 0 radical (unpaired) electrons. The van der Waals surface area contributed by atoms with E-state index >= 15 is 0 Å². The topological polar surface area (TPSA) is 89.4 Å². The Morgan fingerprint density at radius 1 is 1.33 bits per heavy atom. The number of rotatable bonds is 5. The third-order valence-corrected chi connectivity index (χ3v) is 5.99. The quantitative estimate of drug-likeness (QED) is 0.763. The third kappa shape index (κ3) is 3.90. The van der Waals surface area contributed by atoms with Gasteiger partial charge in [0.15, 0.2) is 0 Å². The Labute approximate surface area is 158 Å². The molecule has 2 heterocycles. The van der Waals surface area contributed by atoms with Gasteiger partial charge in [0.25, 0.3) is 5.91 Å². The molecule has 0 aliphatic carbocycles. The Hall–Kier alpha value is -2.60. The summed E-state index contributed by atoms with van der Waals surface area (Å²) in [6.07, 6.45) is 6.81. The van der Waals surface area contributed by atoms with E-state index < -0.39 is 21.5 Å². The van der Waals surface area contributed by atoms with Crippen LogP contribution in [-0.2, 0) is 21.8 Å². The lowest BCUT2D eigenvalue weighted by Crippen LogP contribution is -2.59. The van der Waals surface area contributed by atoms with E-state index in [1.54, 1.807) is 32.2 Å². The molecule has 0 atom stereocenters. The Balaban J connectivity index is 1.80. The molecule has 1 aromatic heterocycles. The molecular weight excluding hydrogens is 366 g/mol. The molecule has 0 spiro atoms. The minimum absolute atomic E-state index is 0.0298. The Morgan fingerprint density at radius 3 is 2.59 bits per heavy atom. The van der Waals surface area contributed by atoms with Gasteiger partial charge >= 0.3 is 0 Å². The maximum atomic E-state index is 12.6. The summed E-state index contributed by atoms with van der Waals surface area (Å²) in [5, 5.41) is 2.76. The average Bonchev–Trinajstić information content (AvgIpc) is 2.96. The zero-order chi connectivity index (χ0) is 19.8. The molecule has 1 aliphatic rings. The van der Waals surface area contributed by atoms with Crippen molar-refractivity contribution in [3.8, 4) is 12.3 Å². The van der Waals surface area contributed by atoms with Gasteiger partial charge in [0.05, 0.1) is 18.8 Å². The van der Waals surface area contributed by atoms with Crippen molar-refractivity contribution in [2.75, 3.05) is 18.5 Å². The number of ether oxygens (including phenoxy) is 1. The van der Waals surface area contributed by atoms with Crippen LogP contribution in [0.4, 0.5) is 5.69 Å². The summed E-state index contributed by atoms with van der Waals surface area (Å²) >= 11 is 0. The van der Waals surface area contributed by atoms with Crippen molar-refractivity contribution in [1.29, 1.82) is 0 Å². The van der Waals surface area contributed by atoms with Gasteiger partial charge in [0, 0.05) is 24.5 Å². The van der Waals surface area contributed by atoms with Crippen LogP contribution >= 0.6 is 0 Å². The van der Waals surface area contributed by atoms with E-state index in [2.05, 4.69) is 16.0 Å². The van der Waals surface area contributed by atoms with Gasteiger partial charge in [0.1, 0.15) is 10.6 Å². The van der Waals surface area contributed by atoms with Crippen LogP contribution in [0.2, 0.25) is 0 Å². The van der Waals surface area contributed by atoms with Crippen molar-refractivity contribution in [1.82, 2.24) is 9.29 Å². The molecule has 1 aromatic carbocycles. The highest BCUT2D eigenvalue weighted by Crippen LogP contribution is 2.22. The average molecular weight is 387 g/mol. The highest BCUT2D eigenvalue weighted by molar-refractivity contribution is 7.89. The molecule has 1 saturated heterocycles. The fourth-order valence-electron chi connectivity index (χ4n) is 2.86. The van der Waals surface area contributed by atoms with Gasteiger partial charge in [0.2, 0.25) is 10.0 Å². The Bertz CT molecular complexity index is 1040. The predicted molar refractivity (Wildman–Crippen MR) is 102 cm³/mol. The molecule has 1 fully saturated rings. The molecule has 3 rings (SSSR count). The molecule has 27 heavy (non-hydrogen) atoms. The van der Waals surface area contributed by atoms with Gasteiger partial charge in [-0.05, 0) is 43.7 Å². The Morgan fingerprint density at radius 2 is 2.04 bits per heavy atom. The SMILES string of the molecule is C#Cc1ccc(NC(=O)c2cc(S(=O)(=O)NC3(C)COC3)cn2C)cc1C. The summed E-state index contributed by atoms with van der Waals surface area (Å²) in [5.74, 6) is 2.15. The number of hydrogen-bond donors (Lipinski definition) is 2. The highest BCUT2D eigenvalue weighted by atomic mass is 32.2. The lowest BCUT2D eigenvalue weighted by molar-refractivity contribution is -0.0523. The van der Waals surface area contributed by atoms with Crippen LogP contribution in [0.3, 0.4) is 0 Å². The summed E-state index contributed by atoms with van der Waals surface area (Å²) in [6.45, 7) is 4.26. The molecule has 8 heteroatoms. The number of terminal acetylenes is 1. The van der Waals surface area contributed by atoms with Crippen molar-refractivity contribution in [2.45, 2.75) is 24.3 Å². The zero-order valence-electron chi connectivity index (χ0n) is 15.4. The molecular formula is C19H21N3O4S. The maximum absolute atomic E-state index is 12.6. The number of hydrogen-bond acceptors (Lipinski definition) is 4. The summed E-state index contributed by atoms with van der Waals surface area (Å²) in [6, 6.07) is 6.58. The second-order valence-corrected chi connectivity index (χ2v) is 8.64. The van der Waals surface area contributed by atoms with Crippen molar-refractivity contribution in [3.05, 3.63) is 47.3 Å². The molecule has 0 saturated carbocycles. The number of carbonyl (C=O) groups is 1. The largest absolute Gasteiger partial charge is 0.377 e. The second-order valence-electron chi connectivity index (χ2n) is 6.96. The van der Waals surface area contributed by atoms with E-state index in [1.165, 1.54) is 16.8 Å². The predicted octanol–water partition coefficient (Wildman–Crippen LogP) is 1.63. The summed E-state index contributed by atoms with van der Waals surface area (Å²) in [7, 11) is -2.14. The first-order chi connectivity index (χ1) is 12.6. The van der Waals surface area contributed by atoms with Crippen LogP contribution in [0, 0.1) is 19.3 Å². The number of anilines is 1. The fraction of sp³-hybridized carbons (Fsp3) is 0.316. The van der Waals surface area contributed by atoms with E-state index in [4.69, 9.17) is 11.2 Å². The summed E-state index contributed by atoms with van der Waals surface area (Å²) < 4.78 is 34.3. The number of sulfonamides is 1. The molecule has 142 valence electrons. The third-order valence-electron chi connectivity index (χ3n) is 4.38. The highest BCUT2D eigenvalue weighted by Gasteiger charge is 2.38. The summed E-state index contributed by atoms with van der Waals surface area (Å²) in [4.78, 5) is 12.6. The number of benzene rings is 1. The molecule has 2 N–H and O–H groups in total. The van der Waals surface area contributed by atoms with Crippen molar-refractivity contribution < 1.29 is 17.9 Å². The van der Waals surface area contributed by atoms with Crippen LogP contribution in [0.25, 0.3) is 0 Å². The van der Waals surface area contributed by atoms with E-state index in [0.29, 0.717) is 18.9 Å². The molecule has 0 unspecified atom stereocenters. The smallest absolute Gasteiger partial charge is 0.272 e. The first-order valence-corrected chi connectivity index (χ1v) is 9.79. The number of aryl methyl sites for hydroxylation is 2. The first-order valence-electron chi connectivity index (χ1n) is 8.30. The van der Waals surface area contributed by atoms with Crippen LogP contribution in [-0.4, -0.2) is 37.6 Å². The lowest BCUT2D eigenvalue weighted by Gasteiger charge is -2.38. The first kappa shape index (κ1) is 19.2. The minimum Gasteiger partial charge on any atom is -0.377 e. The van der Waals surface area contributed by atoms with Crippen LogP contribution in [0.5, 0.6) is 0 Å². The van der Waals surface area contributed by atoms with Gasteiger partial charge < -0.3 is 14.6 Å². The van der Waals surface area contributed by atoms with Crippen LogP contribution < -0.4 is 10.0 Å². The van der Waals surface area contributed by atoms with Gasteiger partial charge in [-0.3, -0.25) is 4.79 Å². The number of nitrogens with one attached hydrogen (secondary N) is 2. The number of aromatic nitrogens is 1. The fourth-order valence-corrected chi connectivity index (χ4v) is 4.30. The van der Waals surface area contributed by atoms with Gasteiger partial charge in [-0.15, -0.1) is 6.42 Å². The van der Waals surface area contributed by atoms with Crippen molar-refractivity contribution in [2.24, 2.45) is 7.05 Å². The number of carbonyl (C=O) groups excluding carboxylic acids is 1. The van der Waals surface area contributed by atoms with E-state index in [0.717, 1.165) is 11.1 Å².